The standard InChI is InChI=1S/C19H23N3O4S2/c1-21-12-13-27-19(21)20-18(23)9-7-15-6-8-16(26-2)17(14-15)28(24,25)22-10-4-3-5-11-22/h6-9,12-14H,3-5,10-11H2,1-2H3/b9-7+,20-19?. The van der Waals surface area contributed by atoms with E-state index in [1.54, 1.807) is 22.8 Å². The van der Waals surface area contributed by atoms with Crippen LogP contribution in [-0.4, -0.2) is 43.4 Å². The molecule has 0 spiro atoms. The van der Waals surface area contributed by atoms with E-state index in [2.05, 4.69) is 4.99 Å². The number of sulfonamides is 1. The van der Waals surface area contributed by atoms with Gasteiger partial charge >= 0.3 is 0 Å². The van der Waals surface area contributed by atoms with Gasteiger partial charge in [0.25, 0.3) is 5.91 Å². The fraction of sp³-hybridized carbons (Fsp3) is 0.368. The Balaban J connectivity index is 1.88. The molecule has 1 aromatic carbocycles. The van der Waals surface area contributed by atoms with Crippen molar-refractivity contribution in [2.45, 2.75) is 24.2 Å². The molecule has 0 atom stereocenters. The third-order valence-corrected chi connectivity index (χ3v) is 7.27. The molecule has 28 heavy (non-hydrogen) atoms. The number of thiazole rings is 1. The lowest BCUT2D eigenvalue weighted by molar-refractivity contribution is -0.113. The minimum atomic E-state index is -3.65. The number of carbonyl (C=O) groups excluding carboxylic acids is 1. The maximum Gasteiger partial charge on any atom is 0.272 e. The molecule has 1 aliphatic heterocycles. The zero-order chi connectivity index (χ0) is 20.1. The third-order valence-electron chi connectivity index (χ3n) is 4.50. The number of piperidine rings is 1. The van der Waals surface area contributed by atoms with Crippen molar-refractivity contribution in [2.75, 3.05) is 20.2 Å². The van der Waals surface area contributed by atoms with Gasteiger partial charge < -0.3 is 9.30 Å². The Morgan fingerprint density at radius 3 is 2.64 bits per heavy atom. The van der Waals surface area contributed by atoms with Crippen LogP contribution in [0, 0.1) is 0 Å². The largest absolute Gasteiger partial charge is 0.495 e. The van der Waals surface area contributed by atoms with Gasteiger partial charge in [0.15, 0.2) is 4.80 Å². The van der Waals surface area contributed by atoms with E-state index in [1.807, 2.05) is 18.6 Å². The molecule has 3 rings (SSSR count). The SMILES string of the molecule is COc1ccc(/C=C/C(=O)N=c2sccn2C)cc1S(=O)(=O)N1CCCCC1. The molecule has 1 fully saturated rings. The molecular formula is C19H23N3O4S2. The highest BCUT2D eigenvalue weighted by Crippen LogP contribution is 2.29. The molecule has 0 radical (unpaired) electrons. The van der Waals surface area contributed by atoms with Gasteiger partial charge in [-0.05, 0) is 36.6 Å². The van der Waals surface area contributed by atoms with Crippen molar-refractivity contribution in [3.8, 4) is 5.75 Å². The number of nitrogens with zero attached hydrogens (tertiary/aromatic N) is 3. The molecule has 0 N–H and O–H groups in total. The van der Waals surface area contributed by atoms with E-state index in [9.17, 15) is 13.2 Å². The number of amides is 1. The number of ether oxygens (including phenoxy) is 1. The lowest BCUT2D eigenvalue weighted by Gasteiger charge is -2.26. The number of hydrogen-bond acceptors (Lipinski definition) is 5. The predicted molar refractivity (Wildman–Crippen MR) is 108 cm³/mol. The smallest absolute Gasteiger partial charge is 0.272 e. The van der Waals surface area contributed by atoms with Crippen LogP contribution >= 0.6 is 11.3 Å². The Hall–Kier alpha value is -2.23. The van der Waals surface area contributed by atoms with Crippen molar-refractivity contribution in [1.29, 1.82) is 0 Å². The maximum absolute atomic E-state index is 13.0. The van der Waals surface area contributed by atoms with Crippen molar-refractivity contribution in [3.63, 3.8) is 0 Å². The Morgan fingerprint density at radius 2 is 2.00 bits per heavy atom. The molecule has 0 bridgehead atoms. The fourth-order valence-corrected chi connectivity index (χ4v) is 5.42. The summed E-state index contributed by atoms with van der Waals surface area (Å²) in [4.78, 5) is 16.8. The Labute approximate surface area is 168 Å². The van der Waals surface area contributed by atoms with Crippen molar-refractivity contribution in [3.05, 3.63) is 46.2 Å². The second-order valence-electron chi connectivity index (χ2n) is 6.45. The highest BCUT2D eigenvalue weighted by atomic mass is 32.2. The van der Waals surface area contributed by atoms with Gasteiger partial charge in [-0.3, -0.25) is 4.79 Å². The van der Waals surface area contributed by atoms with Gasteiger partial charge in [-0.25, -0.2) is 8.42 Å². The Bertz CT molecular complexity index is 1050. The van der Waals surface area contributed by atoms with Crippen LogP contribution in [0.25, 0.3) is 6.08 Å². The van der Waals surface area contributed by atoms with Crippen LogP contribution < -0.4 is 9.54 Å². The van der Waals surface area contributed by atoms with Crippen LogP contribution in [-0.2, 0) is 21.9 Å². The topological polar surface area (TPSA) is 81.0 Å². The third kappa shape index (κ3) is 4.60. The van der Waals surface area contributed by atoms with Crippen LogP contribution in [0.2, 0.25) is 0 Å². The van der Waals surface area contributed by atoms with Crippen LogP contribution in [0.15, 0.2) is 45.7 Å². The number of aryl methyl sites for hydroxylation is 1. The first-order valence-electron chi connectivity index (χ1n) is 8.97. The molecule has 1 aromatic heterocycles. The van der Waals surface area contributed by atoms with Gasteiger partial charge in [-0.1, -0.05) is 12.5 Å². The first kappa shape index (κ1) is 20.5. The molecule has 9 heteroatoms. The maximum atomic E-state index is 13.0. The normalized spacial score (nSPS) is 16.6. The predicted octanol–water partition coefficient (Wildman–Crippen LogP) is 2.41. The quantitative estimate of drug-likeness (QED) is 0.695. The molecule has 1 saturated heterocycles. The van der Waals surface area contributed by atoms with Crippen LogP contribution in [0.4, 0.5) is 0 Å². The molecule has 7 nitrogen and oxygen atoms in total. The van der Waals surface area contributed by atoms with Crippen LogP contribution in [0.1, 0.15) is 24.8 Å². The molecule has 1 aliphatic rings. The first-order chi connectivity index (χ1) is 13.4. The fourth-order valence-electron chi connectivity index (χ4n) is 2.98. The van der Waals surface area contributed by atoms with E-state index in [0.717, 1.165) is 19.3 Å². The average molecular weight is 422 g/mol. The summed E-state index contributed by atoms with van der Waals surface area (Å²) in [6.07, 6.45) is 7.47. The number of rotatable bonds is 5. The number of methoxy groups -OCH3 is 1. The molecule has 1 amide bonds. The molecule has 0 aliphatic carbocycles. The molecule has 2 aromatic rings. The summed E-state index contributed by atoms with van der Waals surface area (Å²) in [7, 11) is -0.387. The monoisotopic (exact) mass is 421 g/mol. The van der Waals surface area contributed by atoms with E-state index in [4.69, 9.17) is 4.74 Å². The second kappa shape index (κ2) is 8.85. The zero-order valence-corrected chi connectivity index (χ0v) is 17.5. The van der Waals surface area contributed by atoms with Crippen molar-refractivity contribution < 1.29 is 17.9 Å². The summed E-state index contributed by atoms with van der Waals surface area (Å²) < 4.78 is 34.6. The first-order valence-corrected chi connectivity index (χ1v) is 11.3. The highest BCUT2D eigenvalue weighted by molar-refractivity contribution is 7.89. The van der Waals surface area contributed by atoms with E-state index >= 15 is 0 Å². The van der Waals surface area contributed by atoms with Crippen molar-refractivity contribution in [1.82, 2.24) is 8.87 Å². The van der Waals surface area contributed by atoms with E-state index in [0.29, 0.717) is 29.2 Å². The van der Waals surface area contributed by atoms with Crippen LogP contribution in [0.3, 0.4) is 0 Å². The van der Waals surface area contributed by atoms with Gasteiger partial charge in [-0.2, -0.15) is 9.30 Å². The van der Waals surface area contributed by atoms with Gasteiger partial charge in [0.1, 0.15) is 10.6 Å². The van der Waals surface area contributed by atoms with Gasteiger partial charge in [0.05, 0.1) is 7.11 Å². The number of aromatic nitrogens is 1. The summed E-state index contributed by atoms with van der Waals surface area (Å²) in [5.74, 6) is -0.112. The van der Waals surface area contributed by atoms with E-state index in [1.165, 1.54) is 34.9 Å². The average Bonchev–Trinajstić information content (AvgIpc) is 3.11. The molecule has 150 valence electrons. The summed E-state index contributed by atoms with van der Waals surface area (Å²) in [5, 5.41) is 1.84. The van der Waals surface area contributed by atoms with Crippen molar-refractivity contribution in [2.24, 2.45) is 12.0 Å². The lowest BCUT2D eigenvalue weighted by atomic mass is 10.2. The van der Waals surface area contributed by atoms with Gasteiger partial charge in [0.2, 0.25) is 10.0 Å². The number of hydrogen-bond donors (Lipinski definition) is 0. The molecule has 0 unspecified atom stereocenters. The highest BCUT2D eigenvalue weighted by Gasteiger charge is 2.28. The van der Waals surface area contributed by atoms with E-state index in [-0.39, 0.29) is 4.90 Å². The summed E-state index contributed by atoms with van der Waals surface area (Å²) >= 11 is 1.37. The lowest BCUT2D eigenvalue weighted by Crippen LogP contribution is -2.35. The molecule has 0 saturated carbocycles. The Morgan fingerprint density at radius 1 is 1.25 bits per heavy atom. The summed E-state index contributed by atoms with van der Waals surface area (Å²) in [6, 6.07) is 4.86. The van der Waals surface area contributed by atoms with Gasteiger partial charge in [0, 0.05) is 37.8 Å². The van der Waals surface area contributed by atoms with E-state index < -0.39 is 15.9 Å². The number of carbonyl (C=O) groups is 1. The Kier molecular flexibility index (Phi) is 6.48. The van der Waals surface area contributed by atoms with Crippen molar-refractivity contribution >= 4 is 33.3 Å². The zero-order valence-electron chi connectivity index (χ0n) is 15.9. The molecular weight excluding hydrogens is 398 g/mol. The minimum Gasteiger partial charge on any atom is -0.495 e. The minimum absolute atomic E-state index is 0.119. The number of benzene rings is 1. The van der Waals surface area contributed by atoms with Crippen LogP contribution in [0.5, 0.6) is 5.75 Å². The molecule has 2 heterocycles. The van der Waals surface area contributed by atoms with Gasteiger partial charge in [-0.15, -0.1) is 11.3 Å². The second-order valence-corrected chi connectivity index (χ2v) is 9.23. The summed E-state index contributed by atoms with van der Waals surface area (Å²) in [5.41, 5.74) is 0.593. The summed E-state index contributed by atoms with van der Waals surface area (Å²) in [6.45, 7) is 1.03.